The normalized spacial score (nSPS) is 19.4. The van der Waals surface area contributed by atoms with Crippen molar-refractivity contribution in [2.24, 2.45) is 0 Å². The van der Waals surface area contributed by atoms with Crippen molar-refractivity contribution >= 4 is 10.0 Å². The van der Waals surface area contributed by atoms with Gasteiger partial charge in [0.25, 0.3) is 0 Å². The predicted molar refractivity (Wildman–Crippen MR) is 85.3 cm³/mol. The van der Waals surface area contributed by atoms with Crippen LogP contribution in [-0.4, -0.2) is 21.6 Å². The molecule has 5 nitrogen and oxygen atoms in total. The van der Waals surface area contributed by atoms with Gasteiger partial charge < -0.3 is 9.47 Å². The molecule has 0 radical (unpaired) electrons. The minimum Gasteiger partial charge on any atom is -0.486 e. The third-order valence-corrected chi connectivity index (χ3v) is 5.72. The molecule has 120 valence electrons. The number of hydrogen-bond donors (Lipinski definition) is 1. The van der Waals surface area contributed by atoms with Crippen LogP contribution in [0, 0.1) is 0 Å². The third-order valence-electron chi connectivity index (χ3n) is 4.25. The fraction of sp³-hybridized carbons (Fsp3) is 0.294. The molecule has 1 atom stereocenters. The summed E-state index contributed by atoms with van der Waals surface area (Å²) in [4.78, 5) is 0.200. The van der Waals surface area contributed by atoms with Gasteiger partial charge in [0.1, 0.15) is 13.2 Å². The summed E-state index contributed by atoms with van der Waals surface area (Å²) >= 11 is 0. The molecule has 0 fully saturated rings. The standard InChI is InChI=1S/C17H17NO4S/c19-23(20,13-6-8-16-17(11-13)22-10-9-21-16)18-15-7-5-12-3-1-2-4-14(12)15/h1-4,6,8,11,15,18H,5,7,9-10H2/t15-/m0/s1. The molecule has 6 heteroatoms. The number of ether oxygens (including phenoxy) is 2. The van der Waals surface area contributed by atoms with Gasteiger partial charge >= 0.3 is 0 Å². The summed E-state index contributed by atoms with van der Waals surface area (Å²) in [6, 6.07) is 12.5. The van der Waals surface area contributed by atoms with E-state index in [1.807, 2.05) is 24.3 Å². The van der Waals surface area contributed by atoms with E-state index < -0.39 is 10.0 Å². The van der Waals surface area contributed by atoms with E-state index in [2.05, 4.69) is 4.72 Å². The number of hydrogen-bond acceptors (Lipinski definition) is 4. The van der Waals surface area contributed by atoms with Crippen LogP contribution in [-0.2, 0) is 16.4 Å². The van der Waals surface area contributed by atoms with Crippen molar-refractivity contribution in [2.75, 3.05) is 13.2 Å². The van der Waals surface area contributed by atoms with Gasteiger partial charge in [-0.25, -0.2) is 13.1 Å². The maximum atomic E-state index is 12.7. The van der Waals surface area contributed by atoms with Crippen LogP contribution in [0.2, 0.25) is 0 Å². The minimum atomic E-state index is -3.61. The van der Waals surface area contributed by atoms with Crippen molar-refractivity contribution in [1.29, 1.82) is 0 Å². The predicted octanol–water partition coefficient (Wildman–Crippen LogP) is 2.42. The lowest BCUT2D eigenvalue weighted by molar-refractivity contribution is 0.171. The van der Waals surface area contributed by atoms with Crippen LogP contribution in [0.15, 0.2) is 47.4 Å². The van der Waals surface area contributed by atoms with Crippen LogP contribution in [0.3, 0.4) is 0 Å². The monoisotopic (exact) mass is 331 g/mol. The molecule has 0 bridgehead atoms. The SMILES string of the molecule is O=S(=O)(N[C@H]1CCc2ccccc21)c1ccc2c(c1)OCCO2. The number of aryl methyl sites for hydroxylation is 1. The Kier molecular flexibility index (Phi) is 3.50. The summed E-state index contributed by atoms with van der Waals surface area (Å²) < 4.78 is 39.1. The Bertz CT molecular complexity index is 847. The molecule has 1 aliphatic heterocycles. The average molecular weight is 331 g/mol. The van der Waals surface area contributed by atoms with Crippen molar-refractivity contribution in [2.45, 2.75) is 23.8 Å². The molecule has 0 saturated carbocycles. The van der Waals surface area contributed by atoms with Crippen molar-refractivity contribution in [3.05, 3.63) is 53.6 Å². The van der Waals surface area contributed by atoms with E-state index in [9.17, 15) is 8.42 Å². The molecule has 1 aliphatic carbocycles. The van der Waals surface area contributed by atoms with E-state index in [0.29, 0.717) is 24.7 Å². The van der Waals surface area contributed by atoms with E-state index in [-0.39, 0.29) is 10.9 Å². The molecule has 1 heterocycles. The number of fused-ring (bicyclic) bond motifs is 2. The number of nitrogens with one attached hydrogen (secondary N) is 1. The Morgan fingerprint density at radius 2 is 1.78 bits per heavy atom. The highest BCUT2D eigenvalue weighted by molar-refractivity contribution is 7.89. The average Bonchev–Trinajstić information content (AvgIpc) is 2.97. The maximum Gasteiger partial charge on any atom is 0.241 e. The third kappa shape index (κ3) is 2.68. The van der Waals surface area contributed by atoms with Gasteiger partial charge in [-0.15, -0.1) is 0 Å². The topological polar surface area (TPSA) is 64.6 Å². The van der Waals surface area contributed by atoms with Crippen LogP contribution in [0.25, 0.3) is 0 Å². The van der Waals surface area contributed by atoms with Gasteiger partial charge in [0, 0.05) is 12.1 Å². The molecule has 0 aromatic heterocycles. The maximum absolute atomic E-state index is 12.7. The zero-order chi connectivity index (χ0) is 15.9. The van der Waals surface area contributed by atoms with Gasteiger partial charge in [0.05, 0.1) is 4.90 Å². The summed E-state index contributed by atoms with van der Waals surface area (Å²) in [5.41, 5.74) is 2.27. The minimum absolute atomic E-state index is 0.176. The lowest BCUT2D eigenvalue weighted by atomic mass is 10.1. The van der Waals surface area contributed by atoms with Crippen LogP contribution in [0.1, 0.15) is 23.6 Å². The molecular formula is C17H17NO4S. The van der Waals surface area contributed by atoms with Crippen LogP contribution in [0.5, 0.6) is 11.5 Å². The summed E-state index contributed by atoms with van der Waals surface area (Å²) in [5, 5.41) is 0. The van der Waals surface area contributed by atoms with E-state index in [4.69, 9.17) is 9.47 Å². The Balaban J connectivity index is 1.62. The van der Waals surface area contributed by atoms with Gasteiger partial charge in [-0.2, -0.15) is 0 Å². The first-order valence-electron chi connectivity index (χ1n) is 7.63. The van der Waals surface area contributed by atoms with Gasteiger partial charge in [-0.3, -0.25) is 0 Å². The van der Waals surface area contributed by atoms with Crippen molar-refractivity contribution in [3.63, 3.8) is 0 Å². The van der Waals surface area contributed by atoms with Crippen LogP contribution >= 0.6 is 0 Å². The lowest BCUT2D eigenvalue weighted by Gasteiger charge is -2.20. The fourth-order valence-electron chi connectivity index (χ4n) is 3.13. The molecule has 2 aromatic rings. The smallest absolute Gasteiger partial charge is 0.241 e. The molecule has 0 spiro atoms. The summed E-state index contributed by atoms with van der Waals surface area (Å²) in [5.74, 6) is 1.06. The second-order valence-corrected chi connectivity index (χ2v) is 7.43. The first kappa shape index (κ1) is 14.5. The van der Waals surface area contributed by atoms with Crippen LogP contribution < -0.4 is 14.2 Å². The first-order valence-corrected chi connectivity index (χ1v) is 9.11. The zero-order valence-corrected chi connectivity index (χ0v) is 13.3. The molecule has 0 saturated heterocycles. The second kappa shape index (κ2) is 5.54. The Hall–Kier alpha value is -2.05. The van der Waals surface area contributed by atoms with E-state index in [0.717, 1.165) is 18.4 Å². The van der Waals surface area contributed by atoms with Crippen LogP contribution in [0.4, 0.5) is 0 Å². The Morgan fingerprint density at radius 1 is 1.00 bits per heavy atom. The highest BCUT2D eigenvalue weighted by atomic mass is 32.2. The van der Waals surface area contributed by atoms with Crippen molar-refractivity contribution in [3.8, 4) is 11.5 Å². The fourth-order valence-corrected chi connectivity index (χ4v) is 4.39. The zero-order valence-electron chi connectivity index (χ0n) is 12.5. The molecule has 2 aromatic carbocycles. The molecule has 4 rings (SSSR count). The van der Waals surface area contributed by atoms with E-state index in [1.165, 1.54) is 11.6 Å². The van der Waals surface area contributed by atoms with E-state index in [1.54, 1.807) is 12.1 Å². The quantitative estimate of drug-likeness (QED) is 0.938. The second-order valence-electron chi connectivity index (χ2n) is 5.72. The number of sulfonamides is 1. The summed E-state index contributed by atoms with van der Waals surface area (Å²) in [6.07, 6.45) is 1.67. The molecule has 0 amide bonds. The number of rotatable bonds is 3. The van der Waals surface area contributed by atoms with E-state index >= 15 is 0 Å². The van der Waals surface area contributed by atoms with Gasteiger partial charge in [-0.05, 0) is 36.1 Å². The van der Waals surface area contributed by atoms with Gasteiger partial charge in [-0.1, -0.05) is 24.3 Å². The Labute approximate surface area is 135 Å². The molecule has 2 aliphatic rings. The van der Waals surface area contributed by atoms with Crippen molar-refractivity contribution < 1.29 is 17.9 Å². The largest absolute Gasteiger partial charge is 0.486 e. The highest BCUT2D eigenvalue weighted by Gasteiger charge is 2.28. The molecule has 0 unspecified atom stereocenters. The number of benzene rings is 2. The van der Waals surface area contributed by atoms with Gasteiger partial charge in [0.15, 0.2) is 11.5 Å². The Morgan fingerprint density at radius 3 is 2.65 bits per heavy atom. The summed E-state index contributed by atoms with van der Waals surface area (Å²) in [7, 11) is -3.61. The molecule has 23 heavy (non-hydrogen) atoms. The molecule has 1 N–H and O–H groups in total. The van der Waals surface area contributed by atoms with Crippen molar-refractivity contribution in [1.82, 2.24) is 4.72 Å². The van der Waals surface area contributed by atoms with Gasteiger partial charge in [0.2, 0.25) is 10.0 Å². The first-order chi connectivity index (χ1) is 11.1. The molecular weight excluding hydrogens is 314 g/mol. The highest BCUT2D eigenvalue weighted by Crippen LogP contribution is 2.35. The summed E-state index contributed by atoms with van der Waals surface area (Å²) in [6.45, 7) is 0.913. The lowest BCUT2D eigenvalue weighted by Crippen LogP contribution is -2.27.